The van der Waals surface area contributed by atoms with Crippen LogP contribution < -0.4 is 5.32 Å². The lowest BCUT2D eigenvalue weighted by Crippen LogP contribution is -2.42. The average Bonchev–Trinajstić information content (AvgIpc) is 3.42. The number of benzene rings is 2. The summed E-state index contributed by atoms with van der Waals surface area (Å²) in [6, 6.07) is 16.8. The van der Waals surface area contributed by atoms with Crippen LogP contribution in [0.15, 0.2) is 48.5 Å². The summed E-state index contributed by atoms with van der Waals surface area (Å²) in [7, 11) is 0. The molecule has 1 aliphatic rings. The third kappa shape index (κ3) is 4.08. The van der Waals surface area contributed by atoms with Crippen LogP contribution >= 0.6 is 23.8 Å². The Labute approximate surface area is 154 Å². The highest BCUT2D eigenvalue weighted by Gasteiger charge is 2.33. The Morgan fingerprint density at radius 2 is 1.92 bits per heavy atom. The van der Waals surface area contributed by atoms with Crippen LogP contribution in [0.3, 0.4) is 0 Å². The first-order chi connectivity index (χ1) is 11.6. The molecule has 2 aromatic rings. The highest BCUT2D eigenvalue weighted by Crippen LogP contribution is 2.36. The first-order valence-electron chi connectivity index (χ1n) is 8.43. The summed E-state index contributed by atoms with van der Waals surface area (Å²) < 4.78 is 0. The summed E-state index contributed by atoms with van der Waals surface area (Å²) in [4.78, 5) is 2.31. The molecule has 1 unspecified atom stereocenters. The van der Waals surface area contributed by atoms with Crippen LogP contribution in [0.2, 0.25) is 5.02 Å². The van der Waals surface area contributed by atoms with Gasteiger partial charge in [0.2, 0.25) is 0 Å². The van der Waals surface area contributed by atoms with Gasteiger partial charge in [-0.15, -0.1) is 0 Å². The van der Waals surface area contributed by atoms with E-state index in [1.165, 1.54) is 18.4 Å². The number of nitrogens with one attached hydrogen (secondary N) is 1. The van der Waals surface area contributed by atoms with Crippen molar-refractivity contribution in [3.05, 3.63) is 64.7 Å². The molecule has 0 amide bonds. The van der Waals surface area contributed by atoms with Crippen molar-refractivity contribution >= 4 is 34.6 Å². The normalized spacial score (nSPS) is 15.0. The van der Waals surface area contributed by atoms with Crippen molar-refractivity contribution in [3.8, 4) is 0 Å². The molecule has 126 valence electrons. The van der Waals surface area contributed by atoms with Crippen molar-refractivity contribution in [1.29, 1.82) is 0 Å². The van der Waals surface area contributed by atoms with Crippen molar-refractivity contribution in [3.63, 3.8) is 0 Å². The van der Waals surface area contributed by atoms with E-state index in [1.54, 1.807) is 0 Å². The predicted molar refractivity (Wildman–Crippen MR) is 107 cm³/mol. The summed E-state index contributed by atoms with van der Waals surface area (Å²) in [6.45, 7) is 5.11. The van der Waals surface area contributed by atoms with Crippen molar-refractivity contribution in [2.24, 2.45) is 5.92 Å². The molecule has 1 N–H and O–H groups in total. The highest BCUT2D eigenvalue weighted by molar-refractivity contribution is 7.80. The molecule has 0 heterocycles. The molecule has 1 aliphatic carbocycles. The zero-order chi connectivity index (χ0) is 17.1. The maximum absolute atomic E-state index is 6.23. The minimum atomic E-state index is 0.435. The highest BCUT2D eigenvalue weighted by atomic mass is 35.5. The standard InChI is InChI=1S/C20H23ClN2S/c1-14-18(21)9-6-10-19(14)22-20(24)23(15(2)17-11-12-17)13-16-7-4-3-5-8-16/h3-10,15,17H,11-13H2,1-2H3,(H,22,24). The van der Waals surface area contributed by atoms with Crippen LogP contribution in [0.25, 0.3) is 0 Å². The van der Waals surface area contributed by atoms with Crippen LogP contribution in [0.1, 0.15) is 30.9 Å². The van der Waals surface area contributed by atoms with Gasteiger partial charge < -0.3 is 10.2 Å². The zero-order valence-electron chi connectivity index (χ0n) is 14.1. The smallest absolute Gasteiger partial charge is 0.173 e. The maximum atomic E-state index is 6.23. The molecule has 2 aromatic carbocycles. The van der Waals surface area contributed by atoms with Gasteiger partial charge in [-0.05, 0) is 68.1 Å². The van der Waals surface area contributed by atoms with E-state index in [1.807, 2.05) is 31.2 Å². The van der Waals surface area contributed by atoms with Gasteiger partial charge >= 0.3 is 0 Å². The van der Waals surface area contributed by atoms with Crippen LogP contribution in [0, 0.1) is 12.8 Å². The minimum Gasteiger partial charge on any atom is -0.342 e. The molecule has 1 fully saturated rings. The van der Waals surface area contributed by atoms with Gasteiger partial charge in [-0.1, -0.05) is 48.0 Å². The van der Waals surface area contributed by atoms with Gasteiger partial charge in [-0.2, -0.15) is 0 Å². The lowest BCUT2D eigenvalue weighted by atomic mass is 10.1. The fourth-order valence-corrected chi connectivity index (χ4v) is 3.46. The fraction of sp³-hybridized carbons (Fsp3) is 0.350. The molecule has 0 aliphatic heterocycles. The first-order valence-corrected chi connectivity index (χ1v) is 9.21. The second kappa shape index (κ2) is 7.54. The molecule has 3 rings (SSSR count). The number of anilines is 1. The number of nitrogens with zero attached hydrogens (tertiary/aromatic N) is 1. The molecule has 4 heteroatoms. The molecule has 0 spiro atoms. The first kappa shape index (κ1) is 17.2. The maximum Gasteiger partial charge on any atom is 0.173 e. The second-order valence-electron chi connectivity index (χ2n) is 6.53. The number of halogens is 1. The Morgan fingerprint density at radius 3 is 2.58 bits per heavy atom. The zero-order valence-corrected chi connectivity index (χ0v) is 15.7. The van der Waals surface area contributed by atoms with Gasteiger partial charge in [0.25, 0.3) is 0 Å². The predicted octanol–water partition coefficient (Wildman–Crippen LogP) is 5.65. The Balaban J connectivity index is 1.79. The third-order valence-electron chi connectivity index (χ3n) is 4.76. The molecule has 0 bridgehead atoms. The van der Waals surface area contributed by atoms with E-state index in [-0.39, 0.29) is 0 Å². The van der Waals surface area contributed by atoms with Crippen molar-refractivity contribution in [2.45, 2.75) is 39.3 Å². The largest absolute Gasteiger partial charge is 0.342 e. The molecule has 1 saturated carbocycles. The number of thiocarbonyl (C=S) groups is 1. The minimum absolute atomic E-state index is 0.435. The van der Waals surface area contributed by atoms with E-state index in [0.29, 0.717) is 6.04 Å². The van der Waals surface area contributed by atoms with E-state index < -0.39 is 0 Å². The molecule has 1 atom stereocenters. The third-order valence-corrected chi connectivity index (χ3v) is 5.51. The lowest BCUT2D eigenvalue weighted by Gasteiger charge is -2.32. The summed E-state index contributed by atoms with van der Waals surface area (Å²) in [6.07, 6.45) is 2.59. The van der Waals surface area contributed by atoms with E-state index in [4.69, 9.17) is 23.8 Å². The topological polar surface area (TPSA) is 15.3 Å². The number of rotatable bonds is 5. The fourth-order valence-electron chi connectivity index (χ4n) is 2.94. The van der Waals surface area contributed by atoms with E-state index in [0.717, 1.165) is 33.8 Å². The quantitative estimate of drug-likeness (QED) is 0.695. The second-order valence-corrected chi connectivity index (χ2v) is 7.33. The van der Waals surface area contributed by atoms with Gasteiger partial charge in [-0.3, -0.25) is 0 Å². The van der Waals surface area contributed by atoms with Crippen LogP contribution in [0.5, 0.6) is 0 Å². The van der Waals surface area contributed by atoms with Gasteiger partial charge in [0.1, 0.15) is 0 Å². The van der Waals surface area contributed by atoms with Crippen LogP contribution in [-0.4, -0.2) is 16.1 Å². The molecule has 0 saturated heterocycles. The summed E-state index contributed by atoms with van der Waals surface area (Å²) in [5.74, 6) is 0.744. The Morgan fingerprint density at radius 1 is 1.21 bits per heavy atom. The monoisotopic (exact) mass is 358 g/mol. The molecule has 24 heavy (non-hydrogen) atoms. The van der Waals surface area contributed by atoms with Gasteiger partial charge in [-0.25, -0.2) is 0 Å². The molecular formula is C20H23ClN2S. The summed E-state index contributed by atoms with van der Waals surface area (Å²) >= 11 is 12.0. The van der Waals surface area contributed by atoms with Crippen LogP contribution in [0.4, 0.5) is 5.69 Å². The Kier molecular flexibility index (Phi) is 5.42. The van der Waals surface area contributed by atoms with Gasteiger partial charge in [0, 0.05) is 23.3 Å². The number of hydrogen-bond acceptors (Lipinski definition) is 1. The van der Waals surface area contributed by atoms with E-state index >= 15 is 0 Å². The van der Waals surface area contributed by atoms with Crippen LogP contribution in [-0.2, 0) is 6.54 Å². The summed E-state index contributed by atoms with van der Waals surface area (Å²) in [5.41, 5.74) is 3.28. The Hall–Kier alpha value is -1.58. The van der Waals surface area contributed by atoms with Gasteiger partial charge in [0.05, 0.1) is 0 Å². The van der Waals surface area contributed by atoms with Crippen molar-refractivity contribution in [1.82, 2.24) is 4.90 Å². The summed E-state index contributed by atoms with van der Waals surface area (Å²) in [5, 5.41) is 4.93. The average molecular weight is 359 g/mol. The van der Waals surface area contributed by atoms with Crippen molar-refractivity contribution in [2.75, 3.05) is 5.32 Å². The Bertz CT molecular complexity index is 713. The number of hydrogen-bond donors (Lipinski definition) is 1. The molecular weight excluding hydrogens is 336 g/mol. The van der Waals surface area contributed by atoms with Crippen molar-refractivity contribution < 1.29 is 0 Å². The van der Waals surface area contributed by atoms with E-state index in [9.17, 15) is 0 Å². The molecule has 0 radical (unpaired) electrons. The molecule has 2 nitrogen and oxygen atoms in total. The SMILES string of the molecule is Cc1c(Cl)cccc1NC(=S)N(Cc1ccccc1)C(C)C1CC1. The van der Waals surface area contributed by atoms with Gasteiger partial charge in [0.15, 0.2) is 5.11 Å². The molecule has 0 aromatic heterocycles. The lowest BCUT2D eigenvalue weighted by molar-refractivity contribution is 0.298. The van der Waals surface area contributed by atoms with E-state index in [2.05, 4.69) is 41.4 Å².